The molecule has 2 atom stereocenters. The summed E-state index contributed by atoms with van der Waals surface area (Å²) in [6.45, 7) is 4.21. The molecule has 0 saturated carbocycles. The number of amides is 1. The van der Waals surface area contributed by atoms with Gasteiger partial charge in [-0.3, -0.25) is 4.79 Å². The maximum atomic E-state index is 12.5. The molecule has 0 aliphatic heterocycles. The second kappa shape index (κ2) is 60.1. The van der Waals surface area contributed by atoms with Crippen LogP contribution in [0.2, 0.25) is 0 Å². The third-order valence-electron chi connectivity index (χ3n) is 13.9. The van der Waals surface area contributed by atoms with Crippen LogP contribution in [-0.2, 0) is 4.79 Å². The lowest BCUT2D eigenvalue weighted by atomic mass is 10.0. The highest BCUT2D eigenvalue weighted by atomic mass is 16.3. The number of unbranched alkanes of at least 4 members (excludes halogenated alkanes) is 39. The number of allylic oxidation sites excluding steroid dienone is 11. The van der Waals surface area contributed by atoms with Crippen LogP contribution in [0.5, 0.6) is 0 Å². The number of aliphatic hydroxyl groups excluding tert-OH is 2. The number of aliphatic hydroxyl groups is 2. The molecule has 0 radical (unpaired) electrons. The minimum absolute atomic E-state index is 0.0700. The fourth-order valence-electron chi connectivity index (χ4n) is 9.31. The van der Waals surface area contributed by atoms with Crippen molar-refractivity contribution in [2.24, 2.45) is 0 Å². The normalized spacial score (nSPS) is 13.3. The molecule has 0 aromatic rings. The first-order valence-corrected chi connectivity index (χ1v) is 30.7. The zero-order valence-electron chi connectivity index (χ0n) is 46.3. The number of hydrogen-bond acceptors (Lipinski definition) is 3. The lowest BCUT2D eigenvalue weighted by molar-refractivity contribution is -0.123. The van der Waals surface area contributed by atoms with E-state index in [1.54, 1.807) is 6.08 Å². The summed E-state index contributed by atoms with van der Waals surface area (Å²) in [5, 5.41) is 23.2. The van der Waals surface area contributed by atoms with Gasteiger partial charge in [0, 0.05) is 6.42 Å². The maximum Gasteiger partial charge on any atom is 0.220 e. The van der Waals surface area contributed by atoms with Gasteiger partial charge in [-0.1, -0.05) is 311 Å². The molecule has 0 spiro atoms. The van der Waals surface area contributed by atoms with E-state index in [-0.39, 0.29) is 12.5 Å². The molecule has 4 nitrogen and oxygen atoms in total. The quantitative estimate of drug-likeness (QED) is 0.0420. The highest BCUT2D eigenvalue weighted by molar-refractivity contribution is 5.76. The fraction of sp³-hybridized carbons (Fsp3) is 0.800. The van der Waals surface area contributed by atoms with E-state index in [1.807, 2.05) is 6.08 Å². The number of rotatable bonds is 56. The molecule has 1 amide bonds. The second-order valence-electron chi connectivity index (χ2n) is 20.7. The van der Waals surface area contributed by atoms with Gasteiger partial charge in [-0.25, -0.2) is 0 Å². The van der Waals surface area contributed by atoms with Gasteiger partial charge in [0.2, 0.25) is 5.91 Å². The van der Waals surface area contributed by atoms with Crippen LogP contribution >= 0.6 is 0 Å². The van der Waals surface area contributed by atoms with Crippen LogP contribution in [0, 0.1) is 0 Å². The summed E-state index contributed by atoms with van der Waals surface area (Å²) >= 11 is 0. The van der Waals surface area contributed by atoms with Crippen LogP contribution < -0.4 is 5.32 Å². The molecular formula is C65H119NO3. The summed E-state index contributed by atoms with van der Waals surface area (Å²) in [6.07, 6.45) is 86.6. The van der Waals surface area contributed by atoms with Crippen molar-refractivity contribution in [2.45, 2.75) is 328 Å². The number of hydrogen-bond donors (Lipinski definition) is 3. The van der Waals surface area contributed by atoms with Crippen LogP contribution in [0.4, 0.5) is 0 Å². The molecule has 402 valence electrons. The molecule has 0 heterocycles. The van der Waals surface area contributed by atoms with Crippen LogP contribution in [0.1, 0.15) is 316 Å². The highest BCUT2D eigenvalue weighted by Crippen LogP contribution is 2.17. The fourth-order valence-corrected chi connectivity index (χ4v) is 9.31. The first-order valence-electron chi connectivity index (χ1n) is 30.7. The van der Waals surface area contributed by atoms with Gasteiger partial charge in [0.25, 0.3) is 0 Å². The molecule has 2 unspecified atom stereocenters. The molecule has 0 fully saturated rings. The molecule has 3 N–H and O–H groups in total. The van der Waals surface area contributed by atoms with Crippen LogP contribution in [0.3, 0.4) is 0 Å². The van der Waals surface area contributed by atoms with Gasteiger partial charge in [0.1, 0.15) is 0 Å². The smallest absolute Gasteiger partial charge is 0.220 e. The number of carbonyl (C=O) groups is 1. The zero-order chi connectivity index (χ0) is 49.9. The standard InChI is InChI=1S/C65H119NO3/c1-3-5-7-9-11-13-15-17-19-21-23-25-27-29-30-31-32-33-34-35-36-37-39-41-43-45-47-49-51-53-55-57-59-61-65(69)66-63(62-67)64(68)60-58-56-54-52-50-48-46-44-42-40-38-28-26-24-22-20-18-16-14-12-10-8-6-4-2/h5,7,11,13,17,19,23,25,50,52,58,60,63-64,67-68H,3-4,6,8-10,12,14-16,18,20-22,24,26-49,51,53-57,59,61-62H2,1-2H3,(H,66,69)/b7-5-,13-11-,19-17-,25-23-,52-50+,60-58+. The molecule has 4 heteroatoms. The Kier molecular flexibility index (Phi) is 58.2. The van der Waals surface area contributed by atoms with Crippen molar-refractivity contribution in [2.75, 3.05) is 6.61 Å². The maximum absolute atomic E-state index is 12.5. The van der Waals surface area contributed by atoms with Gasteiger partial charge >= 0.3 is 0 Å². The Morgan fingerprint density at radius 2 is 0.652 bits per heavy atom. The van der Waals surface area contributed by atoms with Crippen molar-refractivity contribution in [3.8, 4) is 0 Å². The van der Waals surface area contributed by atoms with E-state index in [4.69, 9.17) is 0 Å². The summed E-state index contributed by atoms with van der Waals surface area (Å²) in [6, 6.07) is -0.641. The molecule has 0 aliphatic rings. The Hall–Kier alpha value is -2.17. The minimum Gasteiger partial charge on any atom is -0.394 e. The highest BCUT2D eigenvalue weighted by Gasteiger charge is 2.18. The van der Waals surface area contributed by atoms with E-state index in [1.165, 1.54) is 238 Å². The van der Waals surface area contributed by atoms with E-state index in [0.29, 0.717) is 6.42 Å². The Morgan fingerprint density at radius 3 is 1.01 bits per heavy atom. The van der Waals surface area contributed by atoms with E-state index in [9.17, 15) is 15.0 Å². The Labute approximate surface area is 431 Å². The van der Waals surface area contributed by atoms with Gasteiger partial charge < -0.3 is 15.5 Å². The average Bonchev–Trinajstić information content (AvgIpc) is 3.35. The molecule has 0 saturated heterocycles. The monoisotopic (exact) mass is 962 g/mol. The van der Waals surface area contributed by atoms with Crippen molar-refractivity contribution in [3.05, 3.63) is 72.9 Å². The van der Waals surface area contributed by atoms with Crippen LogP contribution in [0.15, 0.2) is 72.9 Å². The SMILES string of the molecule is CC/C=C\C/C=C\C/C=C\C/C=C\CCCCCCCCCCCCCCCCCCCCCCC(=O)NC(CO)C(O)/C=C/CC/C=C/CCCCCCCCCCCCCCCCCCCC. The van der Waals surface area contributed by atoms with Crippen LogP contribution in [0.25, 0.3) is 0 Å². The van der Waals surface area contributed by atoms with Gasteiger partial charge in [-0.2, -0.15) is 0 Å². The van der Waals surface area contributed by atoms with Gasteiger partial charge in [-0.15, -0.1) is 0 Å². The molecule has 0 aromatic carbocycles. The minimum atomic E-state index is -0.864. The van der Waals surface area contributed by atoms with Crippen molar-refractivity contribution in [3.63, 3.8) is 0 Å². The number of carbonyl (C=O) groups excluding carboxylic acids is 1. The lowest BCUT2D eigenvalue weighted by Crippen LogP contribution is -2.45. The van der Waals surface area contributed by atoms with E-state index < -0.39 is 12.1 Å². The lowest BCUT2D eigenvalue weighted by Gasteiger charge is -2.19. The predicted molar refractivity (Wildman–Crippen MR) is 308 cm³/mol. The third kappa shape index (κ3) is 56.6. The van der Waals surface area contributed by atoms with Crippen molar-refractivity contribution >= 4 is 5.91 Å². The Bertz CT molecular complexity index is 1180. The largest absolute Gasteiger partial charge is 0.394 e. The number of nitrogens with one attached hydrogen (secondary N) is 1. The zero-order valence-corrected chi connectivity index (χ0v) is 46.3. The van der Waals surface area contributed by atoms with Crippen LogP contribution in [-0.4, -0.2) is 34.9 Å². The predicted octanol–water partition coefficient (Wildman–Crippen LogP) is 20.5. The Morgan fingerprint density at radius 1 is 0.362 bits per heavy atom. The molecule has 0 aliphatic carbocycles. The van der Waals surface area contributed by atoms with E-state index in [2.05, 4.69) is 79.9 Å². The molecule has 0 bridgehead atoms. The van der Waals surface area contributed by atoms with Crippen molar-refractivity contribution in [1.29, 1.82) is 0 Å². The molecule has 0 aromatic heterocycles. The summed E-state index contributed by atoms with van der Waals surface area (Å²) in [5.74, 6) is -0.0700. The summed E-state index contributed by atoms with van der Waals surface area (Å²) in [5.41, 5.74) is 0. The molecule has 69 heavy (non-hydrogen) atoms. The molecule has 0 rings (SSSR count). The van der Waals surface area contributed by atoms with E-state index in [0.717, 1.165) is 57.8 Å². The summed E-state index contributed by atoms with van der Waals surface area (Å²) in [7, 11) is 0. The third-order valence-corrected chi connectivity index (χ3v) is 13.9. The summed E-state index contributed by atoms with van der Waals surface area (Å²) < 4.78 is 0. The van der Waals surface area contributed by atoms with Crippen molar-refractivity contribution in [1.82, 2.24) is 5.32 Å². The topological polar surface area (TPSA) is 69.6 Å². The van der Waals surface area contributed by atoms with Gasteiger partial charge in [0.15, 0.2) is 0 Å². The van der Waals surface area contributed by atoms with Crippen molar-refractivity contribution < 1.29 is 15.0 Å². The first kappa shape index (κ1) is 66.8. The first-order chi connectivity index (χ1) is 34.2. The van der Waals surface area contributed by atoms with E-state index >= 15 is 0 Å². The average molecular weight is 963 g/mol. The second-order valence-corrected chi connectivity index (χ2v) is 20.7. The Balaban J connectivity index is 3.49. The van der Waals surface area contributed by atoms with Gasteiger partial charge in [0.05, 0.1) is 18.8 Å². The van der Waals surface area contributed by atoms with Gasteiger partial charge in [-0.05, 0) is 70.6 Å². The summed E-state index contributed by atoms with van der Waals surface area (Å²) in [4.78, 5) is 12.5. The molecular weight excluding hydrogens is 843 g/mol.